The summed E-state index contributed by atoms with van der Waals surface area (Å²) >= 11 is 3.38. The third-order valence-corrected chi connectivity index (χ3v) is 4.22. The van der Waals surface area contributed by atoms with Gasteiger partial charge in [0.05, 0.1) is 5.56 Å². The van der Waals surface area contributed by atoms with Crippen molar-refractivity contribution in [3.8, 4) is 5.75 Å². The first-order valence-corrected chi connectivity index (χ1v) is 9.67. The third-order valence-electron chi connectivity index (χ3n) is 3.72. The molecule has 0 amide bonds. The summed E-state index contributed by atoms with van der Waals surface area (Å²) in [6.07, 6.45) is 2.32. The lowest BCUT2D eigenvalue weighted by atomic mass is 10.1. The molecule has 2 aromatic rings. The number of halogens is 3. The fraction of sp³-hybridized carbons (Fsp3) is 0.273. The molecule has 0 saturated heterocycles. The Hall–Kier alpha value is -2.54. The van der Waals surface area contributed by atoms with Crippen LogP contribution >= 0.6 is 15.9 Å². The molecule has 0 aliphatic heterocycles. The van der Waals surface area contributed by atoms with Crippen LogP contribution in [0, 0.1) is 11.6 Å². The lowest BCUT2D eigenvalue weighted by Crippen LogP contribution is -2.09. The van der Waals surface area contributed by atoms with Gasteiger partial charge in [-0.3, -0.25) is 4.99 Å². The number of aliphatic imine (C=N–C) groups is 1. The van der Waals surface area contributed by atoms with Crippen LogP contribution in [0.5, 0.6) is 5.75 Å². The van der Waals surface area contributed by atoms with E-state index >= 15 is 0 Å². The minimum Gasteiger partial charge on any atom is -0.488 e. The second-order valence-electron chi connectivity index (χ2n) is 6.23. The summed E-state index contributed by atoms with van der Waals surface area (Å²) in [6, 6.07) is 9.36. The number of carboxylic acids is 1. The number of nitrogens with zero attached hydrogens (tertiary/aromatic N) is 1. The van der Waals surface area contributed by atoms with Gasteiger partial charge in [-0.25, -0.2) is 13.6 Å². The average molecular weight is 468 g/mol. The topological polar surface area (TPSA) is 58.9 Å². The van der Waals surface area contributed by atoms with Gasteiger partial charge < -0.3 is 9.84 Å². The fourth-order valence-electron chi connectivity index (χ4n) is 2.28. The van der Waals surface area contributed by atoms with Crippen LogP contribution in [-0.4, -0.2) is 23.8 Å². The number of ether oxygens (including phenoxy) is 1. The zero-order valence-corrected chi connectivity index (χ0v) is 18.4. The highest BCUT2D eigenvalue weighted by Gasteiger charge is 2.10. The molecule has 0 aliphatic carbocycles. The lowest BCUT2D eigenvalue weighted by molar-refractivity contribution is -0.129. The van der Waals surface area contributed by atoms with Gasteiger partial charge in [0.15, 0.2) is 0 Å². The van der Waals surface area contributed by atoms with Gasteiger partial charge >= 0.3 is 5.97 Å². The zero-order valence-electron chi connectivity index (χ0n) is 16.8. The summed E-state index contributed by atoms with van der Waals surface area (Å²) in [6.45, 7) is 5.54. The van der Waals surface area contributed by atoms with E-state index in [2.05, 4.69) is 20.9 Å². The number of hydrogen-bond acceptors (Lipinski definition) is 3. The van der Waals surface area contributed by atoms with Crippen LogP contribution in [0.2, 0.25) is 0 Å². The normalized spacial score (nSPS) is 10.7. The Morgan fingerprint density at radius 3 is 2.28 bits per heavy atom. The second-order valence-corrected chi connectivity index (χ2v) is 7.15. The maximum Gasteiger partial charge on any atom is 0.354 e. The van der Waals surface area contributed by atoms with Gasteiger partial charge in [0, 0.05) is 11.5 Å². The molecular formula is C22H24BrF2NO3. The van der Waals surface area contributed by atoms with E-state index in [0.717, 1.165) is 22.0 Å². The Morgan fingerprint density at radius 1 is 1.21 bits per heavy atom. The van der Waals surface area contributed by atoms with E-state index in [-0.39, 0.29) is 17.9 Å². The van der Waals surface area contributed by atoms with E-state index < -0.39 is 17.6 Å². The summed E-state index contributed by atoms with van der Waals surface area (Å²) in [7, 11) is 1.46. The van der Waals surface area contributed by atoms with Gasteiger partial charge in [-0.15, -0.1) is 0 Å². The Labute approximate surface area is 178 Å². The highest BCUT2D eigenvalue weighted by atomic mass is 79.9. The predicted molar refractivity (Wildman–Crippen MR) is 115 cm³/mol. The molecule has 4 nitrogen and oxygen atoms in total. The molecule has 2 rings (SSSR count). The van der Waals surface area contributed by atoms with Gasteiger partial charge in [0.25, 0.3) is 0 Å². The summed E-state index contributed by atoms with van der Waals surface area (Å²) in [4.78, 5) is 13.9. The van der Waals surface area contributed by atoms with E-state index in [1.807, 2.05) is 32.9 Å². The first kappa shape index (κ1) is 24.5. The van der Waals surface area contributed by atoms with Gasteiger partial charge in [-0.2, -0.15) is 0 Å². The molecule has 0 saturated carbocycles. The standard InChI is InChI=1S/C15H13BrF2O.C7H11NO2/c1-2-10-8-11(16)6-7-15(10)19-9-12-13(17)4-3-5-14(12)18;1-5(2)4-6(8-3)7(9)10/h3-8H,2,9H2,1H3;4H,1-3H3,(H,9,10). The van der Waals surface area contributed by atoms with Crippen LogP contribution in [0.15, 0.2) is 57.5 Å². The SMILES string of the molecule is CCc1cc(Br)ccc1OCc1c(F)cccc1F.CN=C(C=C(C)C)C(=O)O. The van der Waals surface area contributed by atoms with Crippen LogP contribution in [0.3, 0.4) is 0 Å². The van der Waals surface area contributed by atoms with Crippen molar-refractivity contribution in [3.63, 3.8) is 0 Å². The van der Waals surface area contributed by atoms with E-state index in [1.54, 1.807) is 6.07 Å². The van der Waals surface area contributed by atoms with E-state index in [0.29, 0.717) is 5.75 Å². The van der Waals surface area contributed by atoms with Crippen molar-refractivity contribution >= 4 is 27.6 Å². The van der Waals surface area contributed by atoms with Crippen LogP contribution < -0.4 is 4.74 Å². The number of carbonyl (C=O) groups is 1. The van der Waals surface area contributed by atoms with Crippen molar-refractivity contribution < 1.29 is 23.4 Å². The summed E-state index contributed by atoms with van der Waals surface area (Å²) < 4.78 is 33.4. The fourth-order valence-corrected chi connectivity index (χ4v) is 2.69. The average Bonchev–Trinajstić information content (AvgIpc) is 2.66. The number of aryl methyl sites for hydroxylation is 1. The van der Waals surface area contributed by atoms with Gasteiger partial charge in [0.2, 0.25) is 0 Å². The molecule has 29 heavy (non-hydrogen) atoms. The highest BCUT2D eigenvalue weighted by Crippen LogP contribution is 2.25. The Balaban J connectivity index is 0.000000359. The second kappa shape index (κ2) is 12.1. The van der Waals surface area contributed by atoms with E-state index in [9.17, 15) is 13.6 Å². The molecule has 0 heterocycles. The molecule has 156 valence electrons. The zero-order chi connectivity index (χ0) is 22.0. The van der Waals surface area contributed by atoms with Crippen molar-refractivity contribution in [2.45, 2.75) is 33.8 Å². The van der Waals surface area contributed by atoms with Gasteiger partial charge in [-0.1, -0.05) is 34.5 Å². The number of allylic oxidation sites excluding steroid dienone is 1. The van der Waals surface area contributed by atoms with Crippen LogP contribution in [-0.2, 0) is 17.8 Å². The minimum absolute atomic E-state index is 0.0486. The summed E-state index contributed by atoms with van der Waals surface area (Å²) in [5.41, 5.74) is 1.97. The van der Waals surface area contributed by atoms with Gasteiger partial charge in [-0.05, 0) is 62.2 Å². The quantitative estimate of drug-likeness (QED) is 0.531. The van der Waals surface area contributed by atoms with Crippen molar-refractivity contribution in [1.29, 1.82) is 0 Å². The molecule has 0 aromatic heterocycles. The van der Waals surface area contributed by atoms with Crippen molar-refractivity contribution in [3.05, 3.63) is 75.3 Å². The molecule has 0 bridgehead atoms. The summed E-state index contributed by atoms with van der Waals surface area (Å²) in [5, 5.41) is 8.45. The first-order valence-electron chi connectivity index (χ1n) is 8.88. The van der Waals surface area contributed by atoms with E-state index in [4.69, 9.17) is 9.84 Å². The number of rotatable bonds is 6. The molecule has 7 heteroatoms. The van der Waals surface area contributed by atoms with Gasteiger partial charge in [0.1, 0.15) is 29.7 Å². The van der Waals surface area contributed by atoms with Crippen LogP contribution in [0.4, 0.5) is 8.78 Å². The van der Waals surface area contributed by atoms with Crippen LogP contribution in [0.25, 0.3) is 0 Å². The maximum atomic E-state index is 13.5. The Kier molecular flexibility index (Phi) is 10.2. The molecular weight excluding hydrogens is 444 g/mol. The maximum absolute atomic E-state index is 13.5. The number of hydrogen-bond donors (Lipinski definition) is 1. The number of aliphatic carboxylic acids is 1. The van der Waals surface area contributed by atoms with Crippen molar-refractivity contribution in [1.82, 2.24) is 0 Å². The number of benzene rings is 2. The van der Waals surface area contributed by atoms with Crippen molar-refractivity contribution in [2.24, 2.45) is 4.99 Å². The number of carboxylic acid groups (broad SMARTS) is 1. The first-order chi connectivity index (χ1) is 13.7. The Bertz CT molecular complexity index is 887. The lowest BCUT2D eigenvalue weighted by Gasteiger charge is -2.12. The summed E-state index contributed by atoms with van der Waals surface area (Å²) in [5.74, 6) is -1.51. The van der Waals surface area contributed by atoms with Crippen LogP contribution in [0.1, 0.15) is 31.9 Å². The largest absolute Gasteiger partial charge is 0.488 e. The molecule has 0 unspecified atom stereocenters. The molecule has 0 spiro atoms. The minimum atomic E-state index is -0.983. The molecule has 0 aliphatic rings. The molecule has 0 atom stereocenters. The van der Waals surface area contributed by atoms with Crippen molar-refractivity contribution in [2.75, 3.05) is 7.05 Å². The smallest absolute Gasteiger partial charge is 0.354 e. The molecule has 1 N–H and O–H groups in total. The highest BCUT2D eigenvalue weighted by molar-refractivity contribution is 9.10. The molecule has 0 radical (unpaired) electrons. The predicted octanol–water partition coefficient (Wildman–Crippen LogP) is 5.98. The molecule has 2 aromatic carbocycles. The third kappa shape index (κ3) is 8.15. The molecule has 0 fully saturated rings. The monoisotopic (exact) mass is 467 g/mol. The Morgan fingerprint density at radius 2 is 1.83 bits per heavy atom. The van der Waals surface area contributed by atoms with E-state index in [1.165, 1.54) is 31.3 Å².